The zero-order chi connectivity index (χ0) is 13.5. The number of nitro benzene ring substituents is 1. The second-order valence-corrected chi connectivity index (χ2v) is 3.62. The molecule has 0 aliphatic rings. The van der Waals surface area contributed by atoms with E-state index in [4.69, 9.17) is 9.84 Å². The highest BCUT2D eigenvalue weighted by Gasteiger charge is 2.18. The Morgan fingerprint density at radius 2 is 2.22 bits per heavy atom. The Bertz CT molecular complexity index is 426. The van der Waals surface area contributed by atoms with Gasteiger partial charge in [0.1, 0.15) is 0 Å². The molecule has 0 aromatic heterocycles. The van der Waals surface area contributed by atoms with Gasteiger partial charge in [0.05, 0.1) is 23.8 Å². The molecule has 0 aliphatic carbocycles. The number of halogens is 1. The van der Waals surface area contributed by atoms with Gasteiger partial charge in [-0.05, 0) is 12.8 Å². The van der Waals surface area contributed by atoms with Crippen LogP contribution in [0.2, 0.25) is 0 Å². The first-order chi connectivity index (χ1) is 8.60. The fourth-order valence-electron chi connectivity index (χ4n) is 1.44. The van der Waals surface area contributed by atoms with Crippen LogP contribution in [-0.2, 0) is 0 Å². The number of rotatable bonds is 7. The first kappa shape index (κ1) is 14.2. The van der Waals surface area contributed by atoms with E-state index in [1.807, 2.05) is 0 Å². The maximum Gasteiger partial charge on any atom is 0.313 e. The minimum absolute atomic E-state index is 0.00561. The smallest absolute Gasteiger partial charge is 0.313 e. The molecule has 0 radical (unpaired) electrons. The molecule has 0 bridgehead atoms. The molecule has 0 unspecified atom stereocenters. The third-order valence-electron chi connectivity index (χ3n) is 2.37. The van der Waals surface area contributed by atoms with E-state index in [1.165, 1.54) is 13.2 Å². The molecule has 0 spiro atoms. The van der Waals surface area contributed by atoms with Crippen LogP contribution in [0.4, 0.5) is 15.8 Å². The maximum atomic E-state index is 13.6. The van der Waals surface area contributed by atoms with E-state index >= 15 is 0 Å². The number of hydrogen-bond donors (Lipinski definition) is 2. The van der Waals surface area contributed by atoms with Gasteiger partial charge in [-0.15, -0.1) is 0 Å². The molecule has 0 amide bonds. The summed E-state index contributed by atoms with van der Waals surface area (Å²) in [5.74, 6) is -0.697. The lowest BCUT2D eigenvalue weighted by atomic mass is 10.2. The average Bonchev–Trinajstić information content (AvgIpc) is 2.35. The van der Waals surface area contributed by atoms with E-state index in [0.717, 1.165) is 6.07 Å². The van der Waals surface area contributed by atoms with Crippen LogP contribution in [-0.4, -0.2) is 30.3 Å². The minimum atomic E-state index is -0.702. The molecule has 0 aliphatic heterocycles. The van der Waals surface area contributed by atoms with E-state index in [-0.39, 0.29) is 18.0 Å². The minimum Gasteiger partial charge on any atom is -0.490 e. The number of hydrogen-bond acceptors (Lipinski definition) is 5. The summed E-state index contributed by atoms with van der Waals surface area (Å²) in [6.45, 7) is 0.548. The van der Waals surface area contributed by atoms with Crippen LogP contribution < -0.4 is 10.1 Å². The second-order valence-electron chi connectivity index (χ2n) is 3.62. The van der Waals surface area contributed by atoms with Crippen molar-refractivity contribution >= 4 is 11.4 Å². The van der Waals surface area contributed by atoms with Gasteiger partial charge in [0.25, 0.3) is 0 Å². The van der Waals surface area contributed by atoms with Crippen molar-refractivity contribution < 1.29 is 19.2 Å². The summed E-state index contributed by atoms with van der Waals surface area (Å²) in [7, 11) is 1.29. The molecule has 18 heavy (non-hydrogen) atoms. The molecule has 0 atom stereocenters. The van der Waals surface area contributed by atoms with Gasteiger partial charge in [0, 0.05) is 19.2 Å². The highest BCUT2D eigenvalue weighted by Crippen LogP contribution is 2.32. The number of nitro groups is 1. The number of aliphatic hydroxyl groups excluding tert-OH is 1. The number of benzene rings is 1. The predicted molar refractivity (Wildman–Crippen MR) is 64.4 cm³/mol. The highest BCUT2D eigenvalue weighted by atomic mass is 19.1. The molecule has 1 aromatic rings. The first-order valence-corrected chi connectivity index (χ1v) is 5.46. The van der Waals surface area contributed by atoms with Gasteiger partial charge in [0.15, 0.2) is 11.6 Å². The van der Waals surface area contributed by atoms with Crippen molar-refractivity contribution in [3.63, 3.8) is 0 Å². The number of ether oxygens (including phenoxy) is 1. The predicted octanol–water partition coefficient (Wildman–Crippen LogP) is 1.93. The Balaban J connectivity index is 2.83. The number of methoxy groups -OCH3 is 1. The van der Waals surface area contributed by atoms with Crippen LogP contribution >= 0.6 is 0 Å². The SMILES string of the molecule is COc1cc(NCCCCO)c(F)cc1[N+](=O)[O-]. The van der Waals surface area contributed by atoms with E-state index in [0.29, 0.717) is 19.4 Å². The molecular weight excluding hydrogens is 243 g/mol. The van der Waals surface area contributed by atoms with Crippen molar-refractivity contribution in [2.75, 3.05) is 25.6 Å². The fraction of sp³-hybridized carbons (Fsp3) is 0.455. The Kier molecular flexibility index (Phi) is 5.31. The molecular formula is C11H15FN2O4. The molecule has 0 saturated carbocycles. The van der Waals surface area contributed by atoms with Crippen molar-refractivity contribution in [1.82, 2.24) is 0 Å². The number of unbranched alkanes of at least 4 members (excludes halogenated alkanes) is 1. The topological polar surface area (TPSA) is 84.6 Å². The van der Waals surface area contributed by atoms with Crippen LogP contribution in [0.1, 0.15) is 12.8 Å². The lowest BCUT2D eigenvalue weighted by molar-refractivity contribution is -0.385. The summed E-state index contributed by atoms with van der Waals surface area (Å²) in [5.41, 5.74) is -0.258. The highest BCUT2D eigenvalue weighted by molar-refractivity contribution is 5.59. The first-order valence-electron chi connectivity index (χ1n) is 5.46. The zero-order valence-corrected chi connectivity index (χ0v) is 9.98. The average molecular weight is 258 g/mol. The number of aliphatic hydroxyl groups is 1. The molecule has 2 N–H and O–H groups in total. The van der Waals surface area contributed by atoms with E-state index in [2.05, 4.69) is 5.32 Å². The van der Waals surface area contributed by atoms with E-state index < -0.39 is 16.4 Å². The van der Waals surface area contributed by atoms with Crippen LogP contribution in [0.15, 0.2) is 12.1 Å². The summed E-state index contributed by atoms with van der Waals surface area (Å²) in [6, 6.07) is 2.08. The largest absolute Gasteiger partial charge is 0.490 e. The lowest BCUT2D eigenvalue weighted by Gasteiger charge is -2.09. The molecule has 0 saturated heterocycles. The van der Waals surface area contributed by atoms with E-state index in [1.54, 1.807) is 0 Å². The second kappa shape index (κ2) is 6.75. The van der Waals surface area contributed by atoms with E-state index in [9.17, 15) is 14.5 Å². The zero-order valence-electron chi connectivity index (χ0n) is 9.98. The van der Waals surface area contributed by atoms with Gasteiger partial charge < -0.3 is 15.2 Å². The normalized spacial score (nSPS) is 10.2. The van der Waals surface area contributed by atoms with Crippen LogP contribution in [0.3, 0.4) is 0 Å². The molecule has 0 heterocycles. The number of nitrogens with one attached hydrogen (secondary N) is 1. The van der Waals surface area contributed by atoms with Gasteiger partial charge in [-0.1, -0.05) is 0 Å². The quantitative estimate of drug-likeness (QED) is 0.443. The lowest BCUT2D eigenvalue weighted by Crippen LogP contribution is -2.05. The number of nitrogens with zero attached hydrogens (tertiary/aromatic N) is 1. The van der Waals surface area contributed by atoms with Crippen molar-refractivity contribution in [2.45, 2.75) is 12.8 Å². The summed E-state index contributed by atoms with van der Waals surface area (Å²) < 4.78 is 18.4. The monoisotopic (exact) mass is 258 g/mol. The molecule has 7 heteroatoms. The van der Waals surface area contributed by atoms with Crippen molar-refractivity contribution in [2.24, 2.45) is 0 Å². The van der Waals surface area contributed by atoms with Gasteiger partial charge in [0.2, 0.25) is 0 Å². The standard InChI is InChI=1S/C11H15FN2O4/c1-18-11-7-9(13-4-2-3-5-15)8(12)6-10(11)14(16)17/h6-7,13,15H,2-5H2,1H3. The van der Waals surface area contributed by atoms with Crippen molar-refractivity contribution in [3.05, 3.63) is 28.1 Å². The molecule has 100 valence electrons. The summed E-state index contributed by atoms with van der Waals surface area (Å²) in [5, 5.41) is 22.1. The summed E-state index contributed by atoms with van der Waals surface area (Å²) >= 11 is 0. The number of anilines is 1. The van der Waals surface area contributed by atoms with Crippen LogP contribution in [0.5, 0.6) is 5.75 Å². The van der Waals surface area contributed by atoms with Crippen molar-refractivity contribution in [3.8, 4) is 5.75 Å². The fourth-order valence-corrected chi connectivity index (χ4v) is 1.44. The third-order valence-corrected chi connectivity index (χ3v) is 2.37. The van der Waals surface area contributed by atoms with Gasteiger partial charge >= 0.3 is 5.69 Å². The molecule has 1 rings (SSSR count). The molecule has 6 nitrogen and oxygen atoms in total. The van der Waals surface area contributed by atoms with Gasteiger partial charge in [-0.3, -0.25) is 10.1 Å². The van der Waals surface area contributed by atoms with Gasteiger partial charge in [-0.25, -0.2) is 4.39 Å². The Hall–Kier alpha value is -1.89. The Labute approximate surface area is 104 Å². The van der Waals surface area contributed by atoms with Crippen LogP contribution in [0.25, 0.3) is 0 Å². The Morgan fingerprint density at radius 1 is 1.50 bits per heavy atom. The van der Waals surface area contributed by atoms with Crippen molar-refractivity contribution in [1.29, 1.82) is 0 Å². The van der Waals surface area contributed by atoms with Gasteiger partial charge in [-0.2, -0.15) is 0 Å². The van der Waals surface area contributed by atoms with Crippen LogP contribution in [0, 0.1) is 15.9 Å². The molecule has 1 aromatic carbocycles. The third kappa shape index (κ3) is 3.56. The molecule has 0 fully saturated rings. The maximum absolute atomic E-state index is 13.6. The Morgan fingerprint density at radius 3 is 2.78 bits per heavy atom. The summed E-state index contributed by atoms with van der Waals surface area (Å²) in [4.78, 5) is 9.96. The summed E-state index contributed by atoms with van der Waals surface area (Å²) in [6.07, 6.45) is 1.29.